The van der Waals surface area contributed by atoms with Crippen LogP contribution in [-0.4, -0.2) is 50.4 Å². The fourth-order valence-electron chi connectivity index (χ4n) is 3.44. The van der Waals surface area contributed by atoms with E-state index in [0.717, 1.165) is 25.7 Å². The van der Waals surface area contributed by atoms with Gasteiger partial charge in [0, 0.05) is 25.3 Å². The molecule has 0 aliphatic heterocycles. The molecule has 1 fully saturated rings. The second-order valence-electron chi connectivity index (χ2n) is 6.56. The minimum atomic E-state index is -3.08. The summed E-state index contributed by atoms with van der Waals surface area (Å²) in [4.78, 5) is 14.3. The zero-order chi connectivity index (χ0) is 16.1. The monoisotopic (exact) mass is 318 g/mol. The minimum Gasteiger partial charge on any atom is -0.339 e. The van der Waals surface area contributed by atoms with E-state index in [1.54, 1.807) is 11.8 Å². The van der Waals surface area contributed by atoms with Crippen molar-refractivity contribution in [2.75, 3.05) is 25.1 Å². The number of hydrogen-bond acceptors (Lipinski definition) is 4. The van der Waals surface area contributed by atoms with Crippen LogP contribution in [0.4, 0.5) is 0 Å². The fraction of sp³-hybridized carbons (Fsp3) is 0.933. The molecule has 0 aromatic carbocycles. The number of amides is 1. The molecule has 1 rings (SSSR count). The summed E-state index contributed by atoms with van der Waals surface area (Å²) in [7, 11) is -3.08. The molecule has 5 nitrogen and oxygen atoms in total. The predicted octanol–water partition coefficient (Wildman–Crippen LogP) is 1.57. The maximum atomic E-state index is 12.6. The highest BCUT2D eigenvalue weighted by molar-refractivity contribution is 7.90. The Bertz CT molecular complexity index is 442. The average Bonchev–Trinajstić information content (AvgIpc) is 2.38. The van der Waals surface area contributed by atoms with Crippen molar-refractivity contribution in [3.63, 3.8) is 0 Å². The van der Waals surface area contributed by atoms with Crippen LogP contribution in [0.3, 0.4) is 0 Å². The number of carbonyl (C=O) groups is 1. The molecule has 1 atom stereocenters. The van der Waals surface area contributed by atoms with Crippen molar-refractivity contribution in [2.24, 2.45) is 11.1 Å². The Morgan fingerprint density at radius 2 is 1.86 bits per heavy atom. The molecule has 0 saturated heterocycles. The van der Waals surface area contributed by atoms with Gasteiger partial charge in [0.25, 0.3) is 0 Å². The van der Waals surface area contributed by atoms with E-state index in [4.69, 9.17) is 5.73 Å². The molecule has 0 radical (unpaired) electrons. The SMILES string of the molecule is CCN(C(=O)CC1(CN)CCCCC1)C(C)CS(C)(=O)=O. The van der Waals surface area contributed by atoms with E-state index >= 15 is 0 Å². The van der Waals surface area contributed by atoms with E-state index in [-0.39, 0.29) is 23.1 Å². The van der Waals surface area contributed by atoms with Gasteiger partial charge in [-0.15, -0.1) is 0 Å². The van der Waals surface area contributed by atoms with Gasteiger partial charge in [0.2, 0.25) is 5.91 Å². The first-order valence-electron chi connectivity index (χ1n) is 7.90. The van der Waals surface area contributed by atoms with Gasteiger partial charge in [-0.3, -0.25) is 4.79 Å². The van der Waals surface area contributed by atoms with Crippen LogP contribution in [0.15, 0.2) is 0 Å². The van der Waals surface area contributed by atoms with E-state index in [1.807, 2.05) is 6.92 Å². The van der Waals surface area contributed by atoms with Crippen molar-refractivity contribution in [1.29, 1.82) is 0 Å². The number of rotatable bonds is 7. The summed E-state index contributed by atoms with van der Waals surface area (Å²) in [6.45, 7) is 4.78. The highest BCUT2D eigenvalue weighted by atomic mass is 32.2. The molecule has 2 N–H and O–H groups in total. The van der Waals surface area contributed by atoms with Crippen molar-refractivity contribution in [1.82, 2.24) is 4.90 Å². The van der Waals surface area contributed by atoms with Gasteiger partial charge in [-0.2, -0.15) is 0 Å². The molecule has 0 spiro atoms. The minimum absolute atomic E-state index is 0.0161. The number of hydrogen-bond donors (Lipinski definition) is 1. The van der Waals surface area contributed by atoms with Gasteiger partial charge in [0.1, 0.15) is 9.84 Å². The van der Waals surface area contributed by atoms with Crippen molar-refractivity contribution in [2.45, 2.75) is 58.4 Å². The van der Waals surface area contributed by atoms with Gasteiger partial charge < -0.3 is 10.6 Å². The van der Waals surface area contributed by atoms with Crippen LogP contribution >= 0.6 is 0 Å². The zero-order valence-electron chi connectivity index (χ0n) is 13.6. The largest absolute Gasteiger partial charge is 0.339 e. The average molecular weight is 318 g/mol. The highest BCUT2D eigenvalue weighted by Gasteiger charge is 2.35. The summed E-state index contributed by atoms with van der Waals surface area (Å²) in [5.74, 6) is 0.0587. The van der Waals surface area contributed by atoms with Crippen LogP contribution in [0.25, 0.3) is 0 Å². The van der Waals surface area contributed by atoms with Crippen molar-refractivity contribution in [3.8, 4) is 0 Å². The van der Waals surface area contributed by atoms with Gasteiger partial charge in [-0.05, 0) is 38.6 Å². The second kappa shape index (κ2) is 7.58. The molecule has 124 valence electrons. The normalized spacial score (nSPS) is 20.0. The lowest BCUT2D eigenvalue weighted by Crippen LogP contribution is -2.46. The zero-order valence-corrected chi connectivity index (χ0v) is 14.4. The molecule has 1 unspecified atom stereocenters. The van der Waals surface area contributed by atoms with Gasteiger partial charge in [0.05, 0.1) is 5.75 Å². The van der Waals surface area contributed by atoms with Crippen LogP contribution in [0.1, 0.15) is 52.4 Å². The lowest BCUT2D eigenvalue weighted by Gasteiger charge is -2.38. The molecule has 1 aliphatic rings. The van der Waals surface area contributed by atoms with E-state index in [0.29, 0.717) is 19.5 Å². The molecule has 0 heterocycles. The molecular weight excluding hydrogens is 288 g/mol. The first-order chi connectivity index (χ1) is 9.73. The van der Waals surface area contributed by atoms with Gasteiger partial charge in [-0.1, -0.05) is 19.3 Å². The Morgan fingerprint density at radius 1 is 1.29 bits per heavy atom. The van der Waals surface area contributed by atoms with Gasteiger partial charge in [0.15, 0.2) is 0 Å². The molecule has 1 amide bonds. The number of nitrogens with two attached hydrogens (primary N) is 1. The molecule has 1 saturated carbocycles. The van der Waals surface area contributed by atoms with Crippen LogP contribution in [0.5, 0.6) is 0 Å². The van der Waals surface area contributed by atoms with E-state index in [9.17, 15) is 13.2 Å². The second-order valence-corrected chi connectivity index (χ2v) is 8.75. The first kappa shape index (κ1) is 18.4. The smallest absolute Gasteiger partial charge is 0.223 e. The van der Waals surface area contributed by atoms with Crippen LogP contribution in [0.2, 0.25) is 0 Å². The number of carbonyl (C=O) groups excluding carboxylic acids is 1. The van der Waals surface area contributed by atoms with E-state index < -0.39 is 9.84 Å². The summed E-state index contributed by atoms with van der Waals surface area (Å²) in [5.41, 5.74) is 5.86. The molecular formula is C15H30N2O3S. The van der Waals surface area contributed by atoms with Crippen molar-refractivity contribution in [3.05, 3.63) is 0 Å². The Kier molecular flexibility index (Phi) is 6.66. The van der Waals surface area contributed by atoms with Gasteiger partial charge in [-0.25, -0.2) is 8.42 Å². The van der Waals surface area contributed by atoms with Crippen LogP contribution in [0, 0.1) is 5.41 Å². The molecule has 0 aromatic rings. The molecule has 21 heavy (non-hydrogen) atoms. The van der Waals surface area contributed by atoms with E-state index in [1.165, 1.54) is 12.7 Å². The standard InChI is InChI=1S/C15H30N2O3S/c1-4-17(13(2)11-21(3,19)20)14(18)10-15(12-16)8-6-5-7-9-15/h13H,4-12,16H2,1-3H3. The Balaban J connectivity index is 2.74. The Labute approximate surface area is 129 Å². The third-order valence-electron chi connectivity index (χ3n) is 4.61. The quantitative estimate of drug-likeness (QED) is 0.772. The topological polar surface area (TPSA) is 80.5 Å². The summed E-state index contributed by atoms with van der Waals surface area (Å²) in [5, 5.41) is 0. The van der Waals surface area contributed by atoms with Gasteiger partial charge >= 0.3 is 0 Å². The lowest BCUT2D eigenvalue weighted by atomic mass is 9.71. The highest BCUT2D eigenvalue weighted by Crippen LogP contribution is 2.38. The van der Waals surface area contributed by atoms with Crippen molar-refractivity contribution < 1.29 is 13.2 Å². The van der Waals surface area contributed by atoms with Crippen molar-refractivity contribution >= 4 is 15.7 Å². The Hall–Kier alpha value is -0.620. The predicted molar refractivity (Wildman–Crippen MR) is 85.7 cm³/mol. The van der Waals surface area contributed by atoms with Crippen LogP contribution < -0.4 is 5.73 Å². The summed E-state index contributed by atoms with van der Waals surface area (Å²) in [6.07, 6.45) is 7.17. The molecule has 0 aromatic heterocycles. The summed E-state index contributed by atoms with van der Waals surface area (Å²) < 4.78 is 22.9. The third-order valence-corrected chi connectivity index (χ3v) is 5.70. The third kappa shape index (κ3) is 5.58. The molecule has 1 aliphatic carbocycles. The Morgan fingerprint density at radius 3 is 2.29 bits per heavy atom. The molecule has 0 bridgehead atoms. The lowest BCUT2D eigenvalue weighted by molar-refractivity contribution is -0.135. The fourth-order valence-corrected chi connectivity index (χ4v) is 4.50. The number of nitrogens with zero attached hydrogens (tertiary/aromatic N) is 1. The maximum Gasteiger partial charge on any atom is 0.223 e. The van der Waals surface area contributed by atoms with Crippen LogP contribution in [-0.2, 0) is 14.6 Å². The van der Waals surface area contributed by atoms with E-state index in [2.05, 4.69) is 0 Å². The summed E-state index contributed by atoms with van der Waals surface area (Å²) in [6, 6.07) is -0.282. The summed E-state index contributed by atoms with van der Waals surface area (Å²) >= 11 is 0. The number of sulfone groups is 1. The molecule has 6 heteroatoms. The first-order valence-corrected chi connectivity index (χ1v) is 9.96. The maximum absolute atomic E-state index is 12.6.